The minimum Gasteiger partial charge on any atom is -0.496 e. The van der Waals surface area contributed by atoms with Gasteiger partial charge >= 0.3 is 0 Å². The molecule has 0 saturated carbocycles. The molecule has 8 nitrogen and oxygen atoms in total. The monoisotopic (exact) mass is 515 g/mol. The number of benzene rings is 1. The fraction of sp³-hybridized carbons (Fsp3) is 0.593. The zero-order valence-electron chi connectivity index (χ0n) is 23.1. The van der Waals surface area contributed by atoms with Gasteiger partial charge in [-0.15, -0.1) is 11.8 Å². The number of carbonyl (C=O) groups excluding carboxylic acids is 2. The summed E-state index contributed by atoms with van der Waals surface area (Å²) >= 11 is 1.56. The quantitative estimate of drug-likeness (QED) is 0.604. The van der Waals surface area contributed by atoms with Gasteiger partial charge in [0.1, 0.15) is 18.1 Å². The van der Waals surface area contributed by atoms with Crippen molar-refractivity contribution in [1.29, 1.82) is 0 Å². The van der Waals surface area contributed by atoms with Gasteiger partial charge in [-0.25, -0.2) is 4.68 Å². The molecule has 1 N–H and O–H groups in total. The summed E-state index contributed by atoms with van der Waals surface area (Å²) < 4.78 is 7.66. The molecular weight excluding hydrogens is 474 g/mol. The van der Waals surface area contributed by atoms with E-state index in [0.717, 1.165) is 29.1 Å². The maximum Gasteiger partial charge on any atom is 0.240 e. The number of methoxy groups -OCH3 is 1. The van der Waals surface area contributed by atoms with Crippen molar-refractivity contribution in [2.45, 2.75) is 57.7 Å². The average Bonchev–Trinajstić information content (AvgIpc) is 3.13. The first-order chi connectivity index (χ1) is 16.8. The van der Waals surface area contributed by atoms with E-state index < -0.39 is 5.54 Å². The number of para-hydroxylation sites is 1. The largest absolute Gasteiger partial charge is 0.496 e. The summed E-state index contributed by atoms with van der Waals surface area (Å²) in [7, 11) is 5.59. The molecule has 3 rings (SSSR count). The second-order valence-corrected chi connectivity index (χ2v) is 12.6. The summed E-state index contributed by atoms with van der Waals surface area (Å²) in [5.74, 6) is 1.42. The second kappa shape index (κ2) is 10.8. The van der Waals surface area contributed by atoms with Crippen LogP contribution in [0, 0.1) is 0 Å². The molecule has 1 aromatic carbocycles. The molecule has 1 aliphatic heterocycles. The van der Waals surface area contributed by atoms with Crippen LogP contribution >= 0.6 is 11.8 Å². The van der Waals surface area contributed by atoms with Crippen LogP contribution in [-0.2, 0) is 20.5 Å². The molecule has 2 amide bonds. The molecule has 9 heteroatoms. The lowest BCUT2D eigenvalue weighted by atomic mass is 9.87. The molecule has 0 spiro atoms. The maximum atomic E-state index is 13.6. The normalized spacial score (nSPS) is 16.7. The van der Waals surface area contributed by atoms with Crippen LogP contribution in [0.2, 0.25) is 0 Å². The van der Waals surface area contributed by atoms with Crippen LogP contribution in [0.1, 0.15) is 63.6 Å². The predicted octanol–water partition coefficient (Wildman–Crippen LogP) is 3.79. The van der Waals surface area contributed by atoms with E-state index in [2.05, 4.69) is 52.9 Å². The van der Waals surface area contributed by atoms with E-state index in [4.69, 9.17) is 9.84 Å². The summed E-state index contributed by atoms with van der Waals surface area (Å²) in [4.78, 5) is 30.2. The molecule has 198 valence electrons. The van der Waals surface area contributed by atoms with Crippen LogP contribution in [-0.4, -0.2) is 73.1 Å². The van der Waals surface area contributed by atoms with Gasteiger partial charge in [0, 0.05) is 29.6 Å². The van der Waals surface area contributed by atoms with Gasteiger partial charge < -0.3 is 15.0 Å². The highest BCUT2D eigenvalue weighted by molar-refractivity contribution is 8.00. The number of ether oxygens (including phenoxy) is 1. The van der Waals surface area contributed by atoms with Gasteiger partial charge in [-0.05, 0) is 40.9 Å². The Balaban J connectivity index is 2.23. The van der Waals surface area contributed by atoms with Crippen LogP contribution in [0.5, 0.6) is 5.75 Å². The Hall–Kier alpha value is -2.52. The van der Waals surface area contributed by atoms with E-state index in [1.54, 1.807) is 23.8 Å². The Labute approximate surface area is 219 Å². The Morgan fingerprint density at radius 3 is 2.44 bits per heavy atom. The van der Waals surface area contributed by atoms with Crippen molar-refractivity contribution < 1.29 is 14.3 Å². The Bertz CT molecular complexity index is 1100. The standard InChI is InChI=1S/C27H41N5O3S/c1-26(2,3)24-22-23(18-12-10-11-13-19(18)35-9)36-17-21(34)31(16-20(33)28-14-15-30(7)8)25(22)32(29-24)27(4,5)6/h10-13,23H,14-17H2,1-9H3,(H,28,33). The van der Waals surface area contributed by atoms with Crippen LogP contribution in [0.4, 0.5) is 5.82 Å². The van der Waals surface area contributed by atoms with Crippen molar-refractivity contribution in [3.8, 4) is 5.75 Å². The minimum atomic E-state index is -0.409. The third kappa shape index (κ3) is 6.06. The first-order valence-corrected chi connectivity index (χ1v) is 13.4. The van der Waals surface area contributed by atoms with E-state index in [1.165, 1.54) is 0 Å². The highest BCUT2D eigenvalue weighted by atomic mass is 32.2. The molecule has 2 aromatic rings. The third-order valence-corrected chi connectivity index (χ3v) is 7.28. The zero-order valence-corrected chi connectivity index (χ0v) is 24.0. The van der Waals surface area contributed by atoms with E-state index in [9.17, 15) is 9.59 Å². The summed E-state index contributed by atoms with van der Waals surface area (Å²) in [5, 5.41) is 7.90. The van der Waals surface area contributed by atoms with Crippen molar-refractivity contribution in [2.24, 2.45) is 0 Å². The van der Waals surface area contributed by atoms with Crippen molar-refractivity contribution in [3.63, 3.8) is 0 Å². The number of carbonyl (C=O) groups is 2. The minimum absolute atomic E-state index is 0.0518. The fourth-order valence-electron chi connectivity index (χ4n) is 4.29. The lowest BCUT2D eigenvalue weighted by Gasteiger charge is -2.29. The molecule has 1 aliphatic rings. The van der Waals surface area contributed by atoms with Crippen LogP contribution in [0.3, 0.4) is 0 Å². The van der Waals surface area contributed by atoms with Crippen molar-refractivity contribution in [2.75, 3.05) is 51.5 Å². The number of hydrogen-bond donors (Lipinski definition) is 1. The average molecular weight is 516 g/mol. The lowest BCUT2D eigenvalue weighted by molar-refractivity contribution is -0.123. The Morgan fingerprint density at radius 1 is 1.19 bits per heavy atom. The number of hydrogen-bond acceptors (Lipinski definition) is 6. The molecule has 36 heavy (non-hydrogen) atoms. The molecule has 1 unspecified atom stereocenters. The maximum absolute atomic E-state index is 13.6. The van der Waals surface area contributed by atoms with Crippen LogP contribution < -0.4 is 15.0 Å². The molecule has 0 fully saturated rings. The van der Waals surface area contributed by atoms with E-state index in [-0.39, 0.29) is 34.8 Å². The van der Waals surface area contributed by atoms with Gasteiger partial charge in [-0.1, -0.05) is 39.0 Å². The number of anilines is 1. The van der Waals surface area contributed by atoms with Crippen LogP contribution in [0.25, 0.3) is 0 Å². The molecule has 0 aliphatic carbocycles. The van der Waals surface area contributed by atoms with Gasteiger partial charge in [-0.3, -0.25) is 14.5 Å². The number of amides is 2. The number of fused-ring (bicyclic) bond motifs is 1. The summed E-state index contributed by atoms with van der Waals surface area (Å²) in [6, 6.07) is 7.94. The zero-order chi connectivity index (χ0) is 26.8. The first-order valence-electron chi connectivity index (χ1n) is 12.4. The second-order valence-electron chi connectivity index (χ2n) is 11.5. The Kier molecular flexibility index (Phi) is 8.45. The van der Waals surface area contributed by atoms with Crippen LogP contribution in [0.15, 0.2) is 24.3 Å². The summed E-state index contributed by atoms with van der Waals surface area (Å²) in [6.07, 6.45) is 0. The highest BCUT2D eigenvalue weighted by Gasteiger charge is 2.42. The Morgan fingerprint density at radius 2 is 1.86 bits per heavy atom. The van der Waals surface area contributed by atoms with Gasteiger partial charge in [0.2, 0.25) is 11.8 Å². The number of nitrogens with zero attached hydrogens (tertiary/aromatic N) is 4. The third-order valence-electron chi connectivity index (χ3n) is 6.04. The topological polar surface area (TPSA) is 79.7 Å². The summed E-state index contributed by atoms with van der Waals surface area (Å²) in [6.45, 7) is 13.8. The molecule has 0 saturated heterocycles. The number of likely N-dealkylation sites (N-methyl/N-ethyl adjacent to an activating group) is 1. The molecule has 1 atom stereocenters. The fourth-order valence-corrected chi connectivity index (χ4v) is 5.51. The first kappa shape index (κ1) is 28.1. The summed E-state index contributed by atoms with van der Waals surface area (Å²) in [5.41, 5.74) is 2.19. The van der Waals surface area contributed by atoms with Gasteiger partial charge in [-0.2, -0.15) is 5.10 Å². The predicted molar refractivity (Wildman–Crippen MR) is 147 cm³/mol. The molecule has 0 bridgehead atoms. The van der Waals surface area contributed by atoms with Crippen molar-refractivity contribution in [1.82, 2.24) is 20.0 Å². The molecule has 2 heterocycles. The van der Waals surface area contributed by atoms with E-state index in [0.29, 0.717) is 12.4 Å². The smallest absolute Gasteiger partial charge is 0.240 e. The van der Waals surface area contributed by atoms with E-state index in [1.807, 2.05) is 41.9 Å². The SMILES string of the molecule is COc1ccccc1C1SCC(=O)N(CC(=O)NCCN(C)C)c2c1c(C(C)(C)C)nn2C(C)(C)C. The van der Waals surface area contributed by atoms with Gasteiger partial charge in [0.25, 0.3) is 0 Å². The molecular formula is C27H41N5O3S. The highest BCUT2D eigenvalue weighted by Crippen LogP contribution is 2.50. The number of thioether (sulfide) groups is 1. The van der Waals surface area contributed by atoms with Gasteiger partial charge in [0.15, 0.2) is 0 Å². The number of nitrogens with one attached hydrogen (secondary N) is 1. The van der Waals surface area contributed by atoms with E-state index >= 15 is 0 Å². The van der Waals surface area contributed by atoms with Crippen molar-refractivity contribution >= 4 is 29.4 Å². The van der Waals surface area contributed by atoms with Gasteiger partial charge in [0.05, 0.1) is 29.3 Å². The van der Waals surface area contributed by atoms with Crippen molar-refractivity contribution in [3.05, 3.63) is 41.1 Å². The molecule has 1 aromatic heterocycles. The number of aromatic nitrogens is 2. The number of rotatable bonds is 7. The molecule has 0 radical (unpaired) electrons. The lowest BCUT2D eigenvalue weighted by Crippen LogP contribution is -2.44.